The number of allylic oxidation sites excluding steroid dienone is 4. The summed E-state index contributed by atoms with van der Waals surface area (Å²) in [5, 5.41) is 19.2. The van der Waals surface area contributed by atoms with Gasteiger partial charge in [0.05, 0.1) is 22.6 Å². The van der Waals surface area contributed by atoms with Gasteiger partial charge in [-0.1, -0.05) is 56.2 Å². The molecule has 6 aromatic rings. The Balaban J connectivity index is 0.000000420. The Morgan fingerprint density at radius 3 is 1.28 bits per heavy atom. The van der Waals surface area contributed by atoms with Crippen LogP contribution in [0, 0.1) is 74.4 Å². The fourth-order valence-corrected chi connectivity index (χ4v) is 6.12. The van der Waals surface area contributed by atoms with E-state index in [1.54, 1.807) is 0 Å². The summed E-state index contributed by atoms with van der Waals surface area (Å²) in [6.07, 6.45) is 2.33. The van der Waals surface area contributed by atoms with Crippen LogP contribution in [0.25, 0.3) is 44.3 Å². The monoisotopic (exact) mass is 1120 g/mol. The first-order valence-electron chi connectivity index (χ1n) is 18.3. The third-order valence-corrected chi connectivity index (χ3v) is 8.67. The van der Waals surface area contributed by atoms with Gasteiger partial charge in [-0.05, 0) is 115 Å². The quantitative estimate of drug-likeness (QED) is 0.104. The van der Waals surface area contributed by atoms with Gasteiger partial charge in [-0.25, -0.2) is 0 Å². The Kier molecular flexibility index (Phi) is 20.3. The zero-order valence-corrected chi connectivity index (χ0v) is 40.1. The Morgan fingerprint density at radius 1 is 0.509 bits per heavy atom. The van der Waals surface area contributed by atoms with Crippen LogP contribution in [0.3, 0.4) is 0 Å². The average molecular weight is 1120 g/mol. The first kappa shape index (κ1) is 50.4. The molecule has 0 aliphatic heterocycles. The molecule has 8 heteroatoms. The second-order valence-corrected chi connectivity index (χ2v) is 14.4. The maximum Gasteiger partial charge on any atom is 0.155 e. The fraction of sp³-hybridized carbons (Fsp3) is 0.265. The largest absolute Gasteiger partial charge is 0.512 e. The van der Waals surface area contributed by atoms with E-state index in [1.165, 1.54) is 101 Å². The Labute approximate surface area is 366 Å². The predicted molar refractivity (Wildman–Crippen MR) is 229 cm³/mol. The molecule has 57 heavy (non-hydrogen) atoms. The zero-order valence-electron chi connectivity index (χ0n) is 35.3. The van der Waals surface area contributed by atoms with E-state index in [0.717, 1.165) is 33.5 Å². The summed E-state index contributed by atoms with van der Waals surface area (Å²) < 4.78 is 0. The molecule has 0 aliphatic rings. The molecule has 0 fully saturated rings. The number of aryl methyl sites for hydroxylation is 9. The van der Waals surface area contributed by atoms with Gasteiger partial charge in [0.25, 0.3) is 0 Å². The molecule has 0 unspecified atom stereocenters. The molecule has 0 spiro atoms. The molecule has 0 bridgehead atoms. The van der Waals surface area contributed by atoms with Crippen molar-refractivity contribution in [3.8, 4) is 22.5 Å². The van der Waals surface area contributed by atoms with Gasteiger partial charge >= 0.3 is 0 Å². The minimum atomic E-state index is -0.125. The van der Waals surface area contributed by atoms with E-state index in [-0.39, 0.29) is 63.3 Å². The fourth-order valence-electron chi connectivity index (χ4n) is 6.12. The maximum atomic E-state index is 10.0. The smallest absolute Gasteiger partial charge is 0.155 e. The zero-order chi connectivity index (χ0) is 41.1. The molecule has 2 aromatic heterocycles. The van der Waals surface area contributed by atoms with Crippen molar-refractivity contribution in [3.63, 3.8) is 0 Å². The molecule has 2 heterocycles. The Hall–Kier alpha value is -4.58. The maximum absolute atomic E-state index is 10.0. The number of ketones is 2. The van der Waals surface area contributed by atoms with Crippen LogP contribution in [-0.4, -0.2) is 31.7 Å². The molecule has 0 saturated carbocycles. The van der Waals surface area contributed by atoms with Crippen molar-refractivity contribution >= 4 is 33.4 Å². The van der Waals surface area contributed by atoms with E-state index in [4.69, 9.17) is 20.2 Å². The van der Waals surface area contributed by atoms with Crippen molar-refractivity contribution < 1.29 is 60.0 Å². The van der Waals surface area contributed by atoms with Gasteiger partial charge in [-0.3, -0.25) is 19.6 Å². The van der Waals surface area contributed by atoms with Crippen molar-refractivity contribution in [2.45, 2.75) is 90.0 Å². The third kappa shape index (κ3) is 15.4. The van der Waals surface area contributed by atoms with Crippen LogP contribution in [0.2, 0.25) is 0 Å². The number of fused-ring (bicyclic) bond motifs is 2. The molecule has 0 atom stereocenters. The number of aliphatic hydroxyl groups is 2. The summed E-state index contributed by atoms with van der Waals surface area (Å²) >= 11 is 0. The number of rotatable bonds is 4. The topological polar surface area (TPSA) is 100 Å². The molecule has 2 radical (unpaired) electrons. The van der Waals surface area contributed by atoms with Crippen LogP contribution >= 0.6 is 0 Å². The van der Waals surface area contributed by atoms with Gasteiger partial charge in [0.1, 0.15) is 0 Å². The van der Waals surface area contributed by atoms with E-state index >= 15 is 0 Å². The van der Waals surface area contributed by atoms with Gasteiger partial charge < -0.3 is 10.2 Å². The van der Waals surface area contributed by atoms with Gasteiger partial charge in [-0.15, -0.1) is 70.3 Å². The van der Waals surface area contributed by atoms with Crippen LogP contribution in [0.4, 0.5) is 0 Å². The predicted octanol–water partition coefficient (Wildman–Crippen LogP) is 12.2. The SMILES string of the molecule is CC(=O)C=C(C)O.CC(=O)C=C(C)O.Cc1cc(C)c2cc(C)c(-c3[c-]cc(C)c(C)c3)nc2c1.Cc1cc[c-]c(-c2nc3cc(C)cc(C)c3cc2C)c1.[Ir].[Ir]. The second kappa shape index (κ2) is 23.0. The molecule has 0 aliphatic carbocycles. The molecule has 2 N–H and O–H groups in total. The summed E-state index contributed by atoms with van der Waals surface area (Å²) in [6, 6.07) is 30.3. The van der Waals surface area contributed by atoms with Crippen LogP contribution < -0.4 is 0 Å². The van der Waals surface area contributed by atoms with Gasteiger partial charge in [-0.2, -0.15) is 0 Å². The van der Waals surface area contributed by atoms with Crippen molar-refractivity contribution in [2.75, 3.05) is 0 Å². The minimum Gasteiger partial charge on any atom is -0.512 e. The summed E-state index contributed by atoms with van der Waals surface area (Å²) in [5.74, 6) is -0.125. The van der Waals surface area contributed by atoms with Gasteiger partial charge in [0, 0.05) is 63.1 Å². The van der Waals surface area contributed by atoms with E-state index < -0.39 is 0 Å². The number of carbonyl (C=O) groups is 2. The molecular weight excluding hydrogens is 1060 g/mol. The third-order valence-electron chi connectivity index (χ3n) is 8.67. The summed E-state index contributed by atoms with van der Waals surface area (Å²) in [4.78, 5) is 29.8. The number of benzene rings is 4. The van der Waals surface area contributed by atoms with Crippen LogP contribution in [0.15, 0.2) is 90.4 Å². The van der Waals surface area contributed by atoms with Crippen LogP contribution in [0.1, 0.15) is 77.8 Å². The molecular formula is C49H54Ir2N2O4-2. The van der Waals surface area contributed by atoms with Gasteiger partial charge in [0.15, 0.2) is 11.6 Å². The molecule has 0 saturated heterocycles. The number of hydrogen-bond acceptors (Lipinski definition) is 6. The summed E-state index contributed by atoms with van der Waals surface area (Å²) in [6.45, 7) is 24.8. The Morgan fingerprint density at radius 2 is 0.930 bits per heavy atom. The first-order chi connectivity index (χ1) is 25.7. The van der Waals surface area contributed by atoms with Crippen LogP contribution in [0.5, 0.6) is 0 Å². The van der Waals surface area contributed by atoms with E-state index in [2.05, 4.69) is 135 Å². The van der Waals surface area contributed by atoms with E-state index in [9.17, 15) is 9.59 Å². The number of carbonyl (C=O) groups excluding carboxylic acids is 2. The molecule has 6 nitrogen and oxygen atoms in total. The van der Waals surface area contributed by atoms with Crippen LogP contribution in [-0.2, 0) is 49.8 Å². The molecule has 6 rings (SSSR count). The van der Waals surface area contributed by atoms with Crippen molar-refractivity contribution in [2.24, 2.45) is 0 Å². The summed E-state index contributed by atoms with van der Waals surface area (Å²) in [7, 11) is 0. The second-order valence-electron chi connectivity index (χ2n) is 14.4. The number of aromatic nitrogens is 2. The van der Waals surface area contributed by atoms with E-state index in [0.29, 0.717) is 0 Å². The molecule has 0 amide bonds. The number of aliphatic hydroxyl groups excluding tert-OH is 2. The van der Waals surface area contributed by atoms with Crippen molar-refractivity contribution in [1.29, 1.82) is 0 Å². The average Bonchev–Trinajstić information content (AvgIpc) is 3.06. The normalized spacial score (nSPS) is 10.8. The van der Waals surface area contributed by atoms with Gasteiger partial charge in [0.2, 0.25) is 0 Å². The summed E-state index contributed by atoms with van der Waals surface area (Å²) in [5.41, 5.74) is 17.6. The Bertz CT molecular complexity index is 2390. The molecule has 4 aromatic carbocycles. The number of hydrogen-bond donors (Lipinski definition) is 2. The first-order valence-corrected chi connectivity index (χ1v) is 18.3. The van der Waals surface area contributed by atoms with Crippen molar-refractivity contribution in [1.82, 2.24) is 9.97 Å². The standard InChI is InChI=1S/C20H20N.C19H18N.2C5H8O2.2Ir/c1-12-8-15(4)18-11-16(5)20(21-19(18)9-12)17-7-6-13(2)14(3)10-17;1-12-6-5-7-16(9-12)19-15(4)11-17-14(3)8-13(2)10-18(17)20-19;2*1-4(6)3-5(2)7;;/h6,8-11H,1-5H3;5-6,8-11H,1-4H3;2*3,6H,1-2H3;;/q2*-1;;;;. The molecule has 304 valence electrons. The van der Waals surface area contributed by atoms with Crippen molar-refractivity contribution in [3.05, 3.63) is 153 Å². The minimum absolute atomic E-state index is 0. The number of pyridine rings is 2. The number of nitrogens with zero attached hydrogens (tertiary/aromatic N) is 2. The van der Waals surface area contributed by atoms with E-state index in [1.807, 2.05) is 6.07 Å².